The summed E-state index contributed by atoms with van der Waals surface area (Å²) in [6, 6.07) is 3.20. The van der Waals surface area contributed by atoms with E-state index in [1.54, 1.807) is 0 Å². The molecule has 9 heteroatoms. The van der Waals surface area contributed by atoms with Gasteiger partial charge in [-0.2, -0.15) is 0 Å². The van der Waals surface area contributed by atoms with E-state index in [2.05, 4.69) is 4.74 Å². The molecule has 2 N–H and O–H groups in total. The molecule has 0 aliphatic carbocycles. The molecule has 22 heavy (non-hydrogen) atoms. The van der Waals surface area contributed by atoms with Gasteiger partial charge in [-0.25, -0.2) is 4.79 Å². The van der Waals surface area contributed by atoms with Crippen molar-refractivity contribution >= 4 is 17.6 Å². The molecule has 1 atom stereocenters. The number of benzene rings is 1. The molecule has 9 nitrogen and oxygen atoms in total. The van der Waals surface area contributed by atoms with Gasteiger partial charge < -0.3 is 19.8 Å². The number of hydrogen-bond acceptors (Lipinski definition) is 7. The Kier molecular flexibility index (Phi) is 5.96. The summed E-state index contributed by atoms with van der Waals surface area (Å²) in [6.45, 7) is -0.689. The fourth-order valence-corrected chi connectivity index (χ4v) is 1.75. The number of rotatable bonds is 6. The summed E-state index contributed by atoms with van der Waals surface area (Å²) in [4.78, 5) is 34.9. The van der Waals surface area contributed by atoms with Crippen LogP contribution in [0, 0.1) is 10.1 Å². The van der Waals surface area contributed by atoms with Crippen molar-refractivity contribution in [2.75, 3.05) is 27.3 Å². The highest BCUT2D eigenvalue weighted by molar-refractivity contribution is 5.98. The topological polar surface area (TPSA) is 130 Å². The summed E-state index contributed by atoms with van der Waals surface area (Å²) in [7, 11) is 2.48. The summed E-state index contributed by atoms with van der Waals surface area (Å²) < 4.78 is 4.49. The highest BCUT2D eigenvalue weighted by atomic mass is 16.6. The van der Waals surface area contributed by atoms with Crippen LogP contribution in [-0.2, 0) is 4.74 Å². The van der Waals surface area contributed by atoms with Crippen LogP contribution in [0.1, 0.15) is 20.7 Å². The molecule has 0 spiro atoms. The van der Waals surface area contributed by atoms with Gasteiger partial charge in [-0.05, 0) is 6.07 Å². The maximum absolute atomic E-state index is 12.2. The Morgan fingerprint density at radius 3 is 2.45 bits per heavy atom. The monoisotopic (exact) mass is 312 g/mol. The number of likely N-dealkylation sites (N-methyl/N-ethyl adjacent to an activating group) is 1. The minimum Gasteiger partial charge on any atom is -0.465 e. The van der Waals surface area contributed by atoms with Crippen LogP contribution in [0.5, 0.6) is 0 Å². The Hall–Kier alpha value is -2.52. The zero-order valence-electron chi connectivity index (χ0n) is 12.1. The van der Waals surface area contributed by atoms with Crippen molar-refractivity contribution in [3.63, 3.8) is 0 Å². The largest absolute Gasteiger partial charge is 0.465 e. The van der Waals surface area contributed by atoms with Gasteiger partial charge in [0.05, 0.1) is 30.3 Å². The number of ether oxygens (including phenoxy) is 1. The van der Waals surface area contributed by atoms with Crippen LogP contribution in [0.4, 0.5) is 5.69 Å². The summed E-state index contributed by atoms with van der Waals surface area (Å²) >= 11 is 0. The van der Waals surface area contributed by atoms with Crippen molar-refractivity contribution in [1.29, 1.82) is 0 Å². The summed E-state index contributed by atoms with van der Waals surface area (Å²) in [6.07, 6.45) is -1.13. The number of amides is 1. The number of aliphatic hydroxyl groups is 2. The first-order valence-electron chi connectivity index (χ1n) is 6.22. The van der Waals surface area contributed by atoms with Crippen molar-refractivity contribution in [3.05, 3.63) is 39.4 Å². The summed E-state index contributed by atoms with van der Waals surface area (Å²) in [5, 5.41) is 29.0. The number of methoxy groups -OCH3 is 1. The number of nitro groups is 1. The number of aliphatic hydroxyl groups excluding tert-OH is 2. The SMILES string of the molecule is COC(=O)c1cc(C(=O)N(C)CC(O)CO)cc([N+](=O)[O-])c1. The predicted molar refractivity (Wildman–Crippen MR) is 74.5 cm³/mol. The highest BCUT2D eigenvalue weighted by Crippen LogP contribution is 2.19. The quantitative estimate of drug-likeness (QED) is 0.423. The smallest absolute Gasteiger partial charge is 0.338 e. The first-order valence-corrected chi connectivity index (χ1v) is 6.22. The van der Waals surface area contributed by atoms with E-state index in [9.17, 15) is 24.8 Å². The number of nitro benzene ring substituents is 1. The standard InChI is InChI=1S/C13H16N2O7/c1-14(6-11(17)7-16)12(18)8-3-9(13(19)22-2)5-10(4-8)15(20)21/h3-5,11,16-17H,6-7H2,1-2H3. The molecule has 0 aliphatic heterocycles. The van der Waals surface area contributed by atoms with Gasteiger partial charge in [0.1, 0.15) is 0 Å². The van der Waals surface area contributed by atoms with Gasteiger partial charge in [0.25, 0.3) is 11.6 Å². The van der Waals surface area contributed by atoms with Crippen molar-refractivity contribution < 1.29 is 29.5 Å². The molecular weight excluding hydrogens is 296 g/mol. The van der Waals surface area contributed by atoms with Crippen LogP contribution in [0.3, 0.4) is 0 Å². The molecular formula is C13H16N2O7. The minimum atomic E-state index is -1.13. The third-order valence-electron chi connectivity index (χ3n) is 2.84. The van der Waals surface area contributed by atoms with E-state index >= 15 is 0 Å². The number of non-ortho nitro benzene ring substituents is 1. The lowest BCUT2D eigenvalue weighted by atomic mass is 10.1. The molecule has 0 saturated carbocycles. The second-order valence-corrected chi connectivity index (χ2v) is 4.54. The first-order chi connectivity index (χ1) is 10.3. The van der Waals surface area contributed by atoms with Crippen molar-refractivity contribution in [3.8, 4) is 0 Å². The van der Waals surface area contributed by atoms with E-state index in [1.807, 2.05) is 0 Å². The van der Waals surface area contributed by atoms with Crippen LogP contribution in [0.25, 0.3) is 0 Å². The third-order valence-corrected chi connectivity index (χ3v) is 2.84. The van der Waals surface area contributed by atoms with Crippen LogP contribution >= 0.6 is 0 Å². The second kappa shape index (κ2) is 7.48. The zero-order valence-corrected chi connectivity index (χ0v) is 12.1. The van der Waals surface area contributed by atoms with E-state index in [-0.39, 0.29) is 17.7 Å². The van der Waals surface area contributed by atoms with Crippen LogP contribution in [0.2, 0.25) is 0 Å². The number of hydrogen-bond donors (Lipinski definition) is 2. The van der Waals surface area contributed by atoms with E-state index in [1.165, 1.54) is 13.1 Å². The van der Waals surface area contributed by atoms with Gasteiger partial charge in [0.15, 0.2) is 0 Å². The van der Waals surface area contributed by atoms with E-state index in [0.717, 1.165) is 24.1 Å². The Labute approximate surface area is 125 Å². The van der Waals surface area contributed by atoms with Crippen LogP contribution in [0.15, 0.2) is 18.2 Å². The first kappa shape index (κ1) is 17.5. The maximum Gasteiger partial charge on any atom is 0.338 e. The Morgan fingerprint density at radius 1 is 1.36 bits per heavy atom. The molecule has 0 heterocycles. The van der Waals surface area contributed by atoms with Gasteiger partial charge in [-0.15, -0.1) is 0 Å². The van der Waals surface area contributed by atoms with Crippen LogP contribution in [-0.4, -0.2) is 65.3 Å². The minimum absolute atomic E-state index is 0.0951. The number of nitrogens with zero attached hydrogens (tertiary/aromatic N) is 2. The molecule has 0 radical (unpaired) electrons. The molecule has 0 aliphatic rings. The van der Waals surface area contributed by atoms with Gasteiger partial charge in [-0.3, -0.25) is 14.9 Å². The molecule has 120 valence electrons. The normalized spacial score (nSPS) is 11.6. The van der Waals surface area contributed by atoms with E-state index in [4.69, 9.17) is 5.11 Å². The lowest BCUT2D eigenvalue weighted by molar-refractivity contribution is -0.384. The van der Waals surface area contributed by atoms with Gasteiger partial charge in [0, 0.05) is 31.3 Å². The average molecular weight is 312 g/mol. The number of carbonyl (C=O) groups is 2. The fraction of sp³-hybridized carbons (Fsp3) is 0.385. The molecule has 1 aromatic rings. The second-order valence-electron chi connectivity index (χ2n) is 4.54. The van der Waals surface area contributed by atoms with Crippen molar-refractivity contribution in [2.45, 2.75) is 6.10 Å². The number of esters is 1. The van der Waals surface area contributed by atoms with E-state index in [0.29, 0.717) is 0 Å². The molecule has 0 aromatic heterocycles. The lowest BCUT2D eigenvalue weighted by Crippen LogP contribution is -2.36. The molecule has 1 aromatic carbocycles. The highest BCUT2D eigenvalue weighted by Gasteiger charge is 2.21. The molecule has 1 amide bonds. The average Bonchev–Trinajstić information content (AvgIpc) is 2.52. The fourth-order valence-electron chi connectivity index (χ4n) is 1.75. The van der Waals surface area contributed by atoms with Crippen molar-refractivity contribution in [1.82, 2.24) is 4.90 Å². The predicted octanol–water partition coefficient (Wildman–Crippen LogP) is -0.193. The van der Waals surface area contributed by atoms with Gasteiger partial charge in [-0.1, -0.05) is 0 Å². The Morgan fingerprint density at radius 2 is 1.95 bits per heavy atom. The Balaban J connectivity index is 3.16. The molecule has 0 fully saturated rings. The summed E-state index contributed by atoms with van der Waals surface area (Å²) in [5.74, 6) is -1.45. The molecule has 0 bridgehead atoms. The van der Waals surface area contributed by atoms with Crippen molar-refractivity contribution in [2.24, 2.45) is 0 Å². The van der Waals surface area contributed by atoms with Gasteiger partial charge in [0.2, 0.25) is 0 Å². The molecule has 1 rings (SSSR count). The maximum atomic E-state index is 12.2. The van der Waals surface area contributed by atoms with Crippen LogP contribution < -0.4 is 0 Å². The third kappa shape index (κ3) is 4.24. The lowest BCUT2D eigenvalue weighted by Gasteiger charge is -2.19. The number of carbonyl (C=O) groups excluding carboxylic acids is 2. The zero-order chi connectivity index (χ0) is 16.9. The molecule has 0 saturated heterocycles. The van der Waals surface area contributed by atoms with E-state index < -0.39 is 35.2 Å². The van der Waals surface area contributed by atoms with Gasteiger partial charge >= 0.3 is 5.97 Å². The molecule has 1 unspecified atom stereocenters. The Bertz CT molecular complexity index is 588. The summed E-state index contributed by atoms with van der Waals surface area (Å²) in [5.41, 5.74) is -0.652.